The number of benzene rings is 1. The van der Waals surface area contributed by atoms with E-state index in [2.05, 4.69) is 5.32 Å². The fourth-order valence-corrected chi connectivity index (χ4v) is 3.64. The van der Waals surface area contributed by atoms with Crippen molar-refractivity contribution in [1.82, 2.24) is 10.2 Å². The van der Waals surface area contributed by atoms with Crippen LogP contribution in [0.4, 0.5) is 0 Å². The number of aliphatic carboxylic acids is 1. The summed E-state index contributed by atoms with van der Waals surface area (Å²) in [6, 6.07) is 6.47. The number of carboxylic acids is 1. The third kappa shape index (κ3) is 5.67. The number of nitrogens with one attached hydrogen (secondary N) is 1. The zero-order valence-electron chi connectivity index (χ0n) is 14.1. The van der Waals surface area contributed by atoms with Crippen LogP contribution in [0.1, 0.15) is 25.3 Å². The van der Waals surface area contributed by atoms with Gasteiger partial charge < -0.3 is 20.1 Å². The summed E-state index contributed by atoms with van der Waals surface area (Å²) in [5.41, 5.74) is 0.799. The first-order valence-corrected chi connectivity index (χ1v) is 9.25. The average Bonchev–Trinajstić information content (AvgIpc) is 3.08. The molecule has 0 aromatic heterocycles. The van der Waals surface area contributed by atoms with Crippen molar-refractivity contribution in [3.63, 3.8) is 0 Å². The predicted octanol–water partition coefficient (Wildman–Crippen LogP) is 1.47. The van der Waals surface area contributed by atoms with Crippen molar-refractivity contribution in [1.29, 1.82) is 0 Å². The van der Waals surface area contributed by atoms with Crippen LogP contribution in [0, 0.1) is 0 Å². The Morgan fingerprint density at radius 3 is 2.92 bits per heavy atom. The van der Waals surface area contributed by atoms with E-state index in [0.29, 0.717) is 30.3 Å². The third-order valence-electron chi connectivity index (χ3n) is 3.70. The highest BCUT2D eigenvalue weighted by Gasteiger charge is 2.33. The third-order valence-corrected chi connectivity index (χ3v) is 4.71. The Morgan fingerprint density at radius 1 is 1.40 bits per heavy atom. The van der Waals surface area contributed by atoms with Crippen LogP contribution in [0.25, 0.3) is 0 Å². The molecule has 2 N–H and O–H groups in total. The second-order valence-electron chi connectivity index (χ2n) is 5.68. The quantitative estimate of drug-likeness (QED) is 0.723. The molecule has 1 aromatic carbocycles. The molecular weight excluding hydrogens is 344 g/mol. The lowest BCUT2D eigenvalue weighted by molar-refractivity contribution is -0.139. The lowest BCUT2D eigenvalue weighted by atomic mass is 10.2. The molecule has 8 heteroatoms. The first kappa shape index (κ1) is 19.1. The van der Waals surface area contributed by atoms with Gasteiger partial charge in [0.05, 0.1) is 5.88 Å². The van der Waals surface area contributed by atoms with Crippen LogP contribution in [-0.4, -0.2) is 52.1 Å². The summed E-state index contributed by atoms with van der Waals surface area (Å²) in [6.45, 7) is 1.82. The molecule has 1 fully saturated rings. The van der Waals surface area contributed by atoms with E-state index in [4.69, 9.17) is 9.84 Å². The SMILES string of the molecule is CCCC(=O)N1CSCC1C(=O)NCc1cccc(OCC(=O)O)c1. The number of hydrogen-bond acceptors (Lipinski definition) is 5. The van der Waals surface area contributed by atoms with Crippen LogP contribution in [0.5, 0.6) is 5.75 Å². The van der Waals surface area contributed by atoms with Crippen LogP contribution in [0.15, 0.2) is 24.3 Å². The molecule has 1 saturated heterocycles. The van der Waals surface area contributed by atoms with Gasteiger partial charge in [0, 0.05) is 18.7 Å². The minimum atomic E-state index is -1.05. The maximum atomic E-state index is 12.4. The molecule has 1 aliphatic rings. The lowest BCUT2D eigenvalue weighted by Gasteiger charge is -2.23. The van der Waals surface area contributed by atoms with Gasteiger partial charge in [0.25, 0.3) is 0 Å². The number of rotatable bonds is 8. The van der Waals surface area contributed by atoms with Gasteiger partial charge in [0.2, 0.25) is 11.8 Å². The molecule has 1 aromatic rings. The molecule has 0 saturated carbocycles. The first-order valence-electron chi connectivity index (χ1n) is 8.09. The summed E-state index contributed by atoms with van der Waals surface area (Å²) < 4.78 is 5.12. The normalized spacial score (nSPS) is 16.5. The Hall–Kier alpha value is -2.22. The molecule has 7 nitrogen and oxygen atoms in total. The van der Waals surface area contributed by atoms with E-state index < -0.39 is 18.6 Å². The van der Waals surface area contributed by atoms with Crippen molar-refractivity contribution in [3.05, 3.63) is 29.8 Å². The van der Waals surface area contributed by atoms with Crippen molar-refractivity contribution in [2.45, 2.75) is 32.4 Å². The number of carboxylic acid groups (broad SMARTS) is 1. The molecule has 0 radical (unpaired) electrons. The fourth-order valence-electron chi connectivity index (χ4n) is 2.46. The molecule has 25 heavy (non-hydrogen) atoms. The summed E-state index contributed by atoms with van der Waals surface area (Å²) in [5, 5.41) is 11.5. The molecule has 0 spiro atoms. The van der Waals surface area contributed by atoms with Crippen LogP contribution in [-0.2, 0) is 20.9 Å². The van der Waals surface area contributed by atoms with Crippen LogP contribution in [0.2, 0.25) is 0 Å². The van der Waals surface area contributed by atoms with Crippen molar-refractivity contribution < 1.29 is 24.2 Å². The lowest BCUT2D eigenvalue weighted by Crippen LogP contribution is -2.47. The van der Waals surface area contributed by atoms with Gasteiger partial charge in [0.1, 0.15) is 11.8 Å². The number of carbonyl (C=O) groups excluding carboxylic acids is 2. The Bertz CT molecular complexity index is 637. The van der Waals surface area contributed by atoms with Crippen LogP contribution < -0.4 is 10.1 Å². The summed E-state index contributed by atoms with van der Waals surface area (Å²) in [6.07, 6.45) is 1.21. The predicted molar refractivity (Wildman–Crippen MR) is 94.3 cm³/mol. The van der Waals surface area contributed by atoms with Gasteiger partial charge in [-0.25, -0.2) is 4.79 Å². The van der Waals surface area contributed by atoms with Gasteiger partial charge in [-0.3, -0.25) is 9.59 Å². The number of amides is 2. The smallest absolute Gasteiger partial charge is 0.341 e. The highest BCUT2D eigenvalue weighted by atomic mass is 32.2. The molecule has 2 rings (SSSR count). The van der Waals surface area contributed by atoms with Gasteiger partial charge in [-0.2, -0.15) is 0 Å². The van der Waals surface area contributed by atoms with Crippen molar-refractivity contribution >= 4 is 29.5 Å². The molecule has 1 unspecified atom stereocenters. The number of thioether (sulfide) groups is 1. The largest absolute Gasteiger partial charge is 0.482 e. The van der Waals surface area contributed by atoms with Gasteiger partial charge in [-0.05, 0) is 24.1 Å². The molecule has 1 aliphatic heterocycles. The molecular formula is C17H22N2O5S. The number of hydrogen-bond donors (Lipinski definition) is 2. The molecule has 0 aliphatic carbocycles. The minimum Gasteiger partial charge on any atom is -0.482 e. The van der Waals surface area contributed by atoms with Gasteiger partial charge in [-0.15, -0.1) is 11.8 Å². The topological polar surface area (TPSA) is 95.9 Å². The summed E-state index contributed by atoms with van der Waals surface area (Å²) in [7, 11) is 0. The zero-order valence-corrected chi connectivity index (χ0v) is 14.9. The molecule has 2 amide bonds. The second kappa shape index (κ2) is 9.31. The maximum absolute atomic E-state index is 12.4. The van der Waals surface area contributed by atoms with Crippen molar-refractivity contribution in [3.8, 4) is 5.75 Å². The van der Waals surface area contributed by atoms with E-state index in [-0.39, 0.29) is 11.8 Å². The summed E-state index contributed by atoms with van der Waals surface area (Å²) in [4.78, 5) is 36.7. The molecule has 136 valence electrons. The van der Waals surface area contributed by atoms with Gasteiger partial charge in [-0.1, -0.05) is 19.1 Å². The molecule has 1 heterocycles. The Balaban J connectivity index is 1.90. The van der Waals surface area contributed by atoms with Gasteiger partial charge in [0.15, 0.2) is 6.61 Å². The number of ether oxygens (including phenoxy) is 1. The average molecular weight is 366 g/mol. The Labute approximate surface area is 150 Å². The number of nitrogens with zero attached hydrogens (tertiary/aromatic N) is 1. The van der Waals surface area contributed by atoms with Crippen molar-refractivity contribution in [2.24, 2.45) is 0 Å². The zero-order chi connectivity index (χ0) is 18.2. The van der Waals surface area contributed by atoms with Crippen molar-refractivity contribution in [2.75, 3.05) is 18.2 Å². The van der Waals surface area contributed by atoms with Crippen LogP contribution in [0.3, 0.4) is 0 Å². The van der Waals surface area contributed by atoms with E-state index in [1.54, 1.807) is 34.9 Å². The van der Waals surface area contributed by atoms with E-state index in [9.17, 15) is 14.4 Å². The fraction of sp³-hybridized carbons (Fsp3) is 0.471. The van der Waals surface area contributed by atoms with Gasteiger partial charge >= 0.3 is 5.97 Å². The summed E-state index contributed by atoms with van der Waals surface area (Å²) >= 11 is 1.57. The van der Waals surface area contributed by atoms with E-state index >= 15 is 0 Å². The van der Waals surface area contributed by atoms with E-state index in [0.717, 1.165) is 12.0 Å². The Kier molecular flexibility index (Phi) is 7.12. The van der Waals surface area contributed by atoms with E-state index in [1.165, 1.54) is 0 Å². The molecule has 0 bridgehead atoms. The first-order chi connectivity index (χ1) is 12.0. The standard InChI is InChI=1S/C17H22N2O5S/c1-2-4-15(20)19-11-25-10-14(19)17(23)18-8-12-5-3-6-13(7-12)24-9-16(21)22/h3,5-7,14H,2,4,8-11H2,1H3,(H,18,23)(H,21,22). The number of carbonyl (C=O) groups is 3. The maximum Gasteiger partial charge on any atom is 0.341 e. The minimum absolute atomic E-state index is 0.0109. The Morgan fingerprint density at radius 2 is 2.20 bits per heavy atom. The second-order valence-corrected chi connectivity index (χ2v) is 6.68. The van der Waals surface area contributed by atoms with E-state index in [1.807, 2.05) is 13.0 Å². The summed E-state index contributed by atoms with van der Waals surface area (Å²) in [5.74, 6) is 0.376. The molecule has 1 atom stereocenters. The monoisotopic (exact) mass is 366 g/mol. The highest BCUT2D eigenvalue weighted by Crippen LogP contribution is 2.22. The highest BCUT2D eigenvalue weighted by molar-refractivity contribution is 7.99. The van der Waals surface area contributed by atoms with Crippen LogP contribution >= 0.6 is 11.8 Å².